The van der Waals surface area contributed by atoms with Crippen LogP contribution in [0.5, 0.6) is 0 Å². The summed E-state index contributed by atoms with van der Waals surface area (Å²) in [7, 11) is 4.17. The highest BCUT2D eigenvalue weighted by molar-refractivity contribution is 5.95. The number of nitrogens with zero attached hydrogens (tertiary/aromatic N) is 2. The van der Waals surface area contributed by atoms with Crippen LogP contribution in [0, 0.1) is 12.8 Å². The number of piperidine rings is 1. The van der Waals surface area contributed by atoms with Crippen LogP contribution in [-0.4, -0.2) is 75.4 Å². The van der Waals surface area contributed by atoms with Gasteiger partial charge < -0.3 is 19.9 Å². The molecule has 1 aliphatic rings. The molecule has 168 valence electrons. The smallest absolute Gasteiger partial charge is 0.380 e. The Balaban J connectivity index is 2.00. The normalized spacial score (nSPS) is 16.7. The van der Waals surface area contributed by atoms with Gasteiger partial charge in [0.15, 0.2) is 0 Å². The first-order valence-corrected chi connectivity index (χ1v) is 10.2. The van der Waals surface area contributed by atoms with E-state index in [1.54, 1.807) is 12.1 Å². The van der Waals surface area contributed by atoms with Crippen LogP contribution in [-0.2, 0) is 4.74 Å². The monoisotopic (exact) mass is 427 g/mol. The molecule has 2 rings (SSSR count). The van der Waals surface area contributed by atoms with Gasteiger partial charge in [0.1, 0.15) is 6.61 Å². The number of benzene rings is 1. The predicted molar refractivity (Wildman–Crippen MR) is 112 cm³/mol. The van der Waals surface area contributed by atoms with Crippen LogP contribution in [0.3, 0.4) is 0 Å². The number of amides is 1. The van der Waals surface area contributed by atoms with Gasteiger partial charge in [0, 0.05) is 37.1 Å². The zero-order valence-electron chi connectivity index (χ0n) is 18.0. The van der Waals surface area contributed by atoms with Gasteiger partial charge >= 0.3 is 6.18 Å². The molecule has 5 nitrogen and oxygen atoms in total. The van der Waals surface area contributed by atoms with E-state index in [9.17, 15) is 18.0 Å². The molecular formula is C22H32F3N3O2. The maximum Gasteiger partial charge on any atom is 0.411 e. The summed E-state index contributed by atoms with van der Waals surface area (Å²) in [5, 5.41) is 4.33. The summed E-state index contributed by atoms with van der Waals surface area (Å²) in [6.07, 6.45) is 0.00156. The van der Waals surface area contributed by atoms with Crippen molar-refractivity contribution in [1.29, 1.82) is 0 Å². The minimum atomic E-state index is -4.37. The molecule has 0 aliphatic carbocycles. The second-order valence-electron chi connectivity index (χ2n) is 8.05. The maximum atomic E-state index is 12.5. The van der Waals surface area contributed by atoms with Crippen LogP contribution < -0.4 is 15.8 Å². The molecule has 0 unspecified atom stereocenters. The van der Waals surface area contributed by atoms with Crippen molar-refractivity contribution in [2.75, 3.05) is 53.5 Å². The molecule has 1 heterocycles. The van der Waals surface area contributed by atoms with Gasteiger partial charge in [-0.05, 0) is 62.7 Å². The Morgan fingerprint density at radius 3 is 2.67 bits per heavy atom. The van der Waals surface area contributed by atoms with Gasteiger partial charge in [0.2, 0.25) is 0 Å². The lowest BCUT2D eigenvalue weighted by molar-refractivity contribution is -0.173. The molecule has 0 atom stereocenters. The zero-order chi connectivity index (χ0) is 22.3. The van der Waals surface area contributed by atoms with Gasteiger partial charge in [0.25, 0.3) is 5.91 Å². The van der Waals surface area contributed by atoms with Gasteiger partial charge in [0.05, 0.1) is 6.61 Å². The van der Waals surface area contributed by atoms with Crippen LogP contribution in [0.15, 0.2) is 12.1 Å². The van der Waals surface area contributed by atoms with E-state index >= 15 is 0 Å². The molecule has 1 aliphatic heterocycles. The topological polar surface area (TPSA) is 44.8 Å². The van der Waals surface area contributed by atoms with Crippen molar-refractivity contribution in [2.45, 2.75) is 25.9 Å². The fraction of sp³-hybridized carbons (Fsp3) is 0.591. The molecule has 0 bridgehead atoms. The van der Waals surface area contributed by atoms with Gasteiger partial charge in [-0.2, -0.15) is 13.2 Å². The van der Waals surface area contributed by atoms with Crippen molar-refractivity contribution in [1.82, 2.24) is 15.1 Å². The van der Waals surface area contributed by atoms with E-state index in [-0.39, 0.29) is 19.1 Å². The molecule has 1 N–H and O–H groups in total. The lowest BCUT2D eigenvalue weighted by atomic mass is 9.96. The Hall–Kier alpha value is -2.06. The highest BCUT2D eigenvalue weighted by Gasteiger charge is 2.27. The third kappa shape index (κ3) is 7.65. The van der Waals surface area contributed by atoms with Gasteiger partial charge in [-0.25, -0.2) is 0 Å². The number of carbonyl (C=O) groups is 1. The largest absolute Gasteiger partial charge is 0.411 e. The molecule has 8 heteroatoms. The summed E-state index contributed by atoms with van der Waals surface area (Å²) < 4.78 is 40.8. The average Bonchev–Trinajstić information content (AvgIpc) is 2.65. The van der Waals surface area contributed by atoms with Gasteiger partial charge in [-0.1, -0.05) is 12.6 Å². The second kappa shape index (κ2) is 10.8. The van der Waals surface area contributed by atoms with Crippen molar-refractivity contribution in [2.24, 2.45) is 5.92 Å². The number of hydrogen-bond acceptors (Lipinski definition) is 4. The third-order valence-corrected chi connectivity index (χ3v) is 5.38. The van der Waals surface area contributed by atoms with Gasteiger partial charge in [-0.3, -0.25) is 4.79 Å². The Bertz CT molecular complexity index is 818. The quantitative estimate of drug-likeness (QED) is 0.642. The van der Waals surface area contributed by atoms with Crippen molar-refractivity contribution in [3.63, 3.8) is 0 Å². The molecule has 0 radical (unpaired) electrons. The molecule has 30 heavy (non-hydrogen) atoms. The molecule has 1 aromatic carbocycles. The number of carbonyl (C=O) groups excluding carboxylic acids is 1. The highest BCUT2D eigenvalue weighted by atomic mass is 19.4. The minimum Gasteiger partial charge on any atom is -0.380 e. The summed E-state index contributed by atoms with van der Waals surface area (Å²) in [4.78, 5) is 17.0. The first kappa shape index (κ1) is 24.2. The molecule has 1 saturated heterocycles. The molecule has 1 fully saturated rings. The lowest BCUT2D eigenvalue weighted by Gasteiger charge is -2.31. The van der Waals surface area contributed by atoms with Crippen molar-refractivity contribution >= 4 is 18.7 Å². The fourth-order valence-corrected chi connectivity index (χ4v) is 3.66. The first-order valence-electron chi connectivity index (χ1n) is 10.2. The molecule has 1 aromatic rings. The summed E-state index contributed by atoms with van der Waals surface area (Å²) in [5.74, 6) is 0.301. The van der Waals surface area contributed by atoms with E-state index in [2.05, 4.69) is 33.5 Å². The first-order chi connectivity index (χ1) is 14.1. The van der Waals surface area contributed by atoms with E-state index < -0.39 is 12.8 Å². The van der Waals surface area contributed by atoms with E-state index in [1.807, 2.05) is 20.2 Å². The van der Waals surface area contributed by atoms with Crippen LogP contribution in [0.4, 0.5) is 13.2 Å². The number of nitrogens with one attached hydrogen (secondary N) is 1. The number of ether oxygens (including phenoxy) is 1. The third-order valence-electron chi connectivity index (χ3n) is 5.38. The summed E-state index contributed by atoms with van der Waals surface area (Å²) in [6.45, 7) is 7.60. The number of rotatable bonds is 8. The highest BCUT2D eigenvalue weighted by Crippen LogP contribution is 2.17. The minimum absolute atomic E-state index is 0.00948. The van der Waals surface area contributed by atoms with E-state index in [1.165, 1.54) is 12.8 Å². The molecular weight excluding hydrogens is 395 g/mol. The number of hydrogen-bond donors (Lipinski definition) is 1. The number of likely N-dealkylation sites (tertiary alicyclic amines) is 1. The van der Waals surface area contributed by atoms with Crippen molar-refractivity contribution in [3.8, 4) is 0 Å². The van der Waals surface area contributed by atoms with Crippen LogP contribution >= 0.6 is 0 Å². The van der Waals surface area contributed by atoms with Crippen LogP contribution in [0.1, 0.15) is 28.8 Å². The van der Waals surface area contributed by atoms with Crippen LogP contribution in [0.2, 0.25) is 0 Å². The average molecular weight is 428 g/mol. The Morgan fingerprint density at radius 1 is 1.37 bits per heavy atom. The van der Waals surface area contributed by atoms with Crippen molar-refractivity contribution in [3.05, 3.63) is 33.7 Å². The lowest BCUT2D eigenvalue weighted by Crippen LogP contribution is -2.37. The fourth-order valence-electron chi connectivity index (χ4n) is 3.66. The molecule has 0 saturated carbocycles. The van der Waals surface area contributed by atoms with E-state index in [0.717, 1.165) is 35.6 Å². The maximum absolute atomic E-state index is 12.5. The summed E-state index contributed by atoms with van der Waals surface area (Å²) in [6, 6.07) is 3.48. The Morgan fingerprint density at radius 2 is 2.03 bits per heavy atom. The standard InChI is InChI=1S/C22H32F3N3O2/c1-16-5-6-19(21(29)26-9-12-30-15-22(23,24)25)17(2)20(16)14-28(4)13-18-7-10-27(3)11-8-18/h5-6,14,18H,1,7-13,15H2,2-4H3,(H,26,29)/b20-14+. The van der Waals surface area contributed by atoms with E-state index in [0.29, 0.717) is 11.5 Å². The second-order valence-corrected chi connectivity index (χ2v) is 8.05. The Kier molecular flexibility index (Phi) is 8.73. The summed E-state index contributed by atoms with van der Waals surface area (Å²) in [5.41, 5.74) is 1.28. The van der Waals surface area contributed by atoms with Crippen LogP contribution in [0.25, 0.3) is 12.8 Å². The Labute approximate surface area is 176 Å². The SMILES string of the molecule is C=c1ccc(C(=O)NCCOCC(F)(F)F)c(C)/c1=C/N(C)CC1CCN(C)CC1. The van der Waals surface area contributed by atoms with Crippen molar-refractivity contribution < 1.29 is 22.7 Å². The molecule has 0 spiro atoms. The van der Waals surface area contributed by atoms with Gasteiger partial charge in [-0.15, -0.1) is 0 Å². The number of halogens is 3. The predicted octanol–water partition coefficient (Wildman–Crippen LogP) is 1.73. The van der Waals surface area contributed by atoms with E-state index in [4.69, 9.17) is 0 Å². The number of alkyl halides is 3. The molecule has 1 amide bonds. The molecule has 0 aromatic heterocycles. The zero-order valence-corrected chi connectivity index (χ0v) is 18.0. The summed E-state index contributed by atoms with van der Waals surface area (Å²) >= 11 is 0.